The molecule has 0 spiro atoms. The molecule has 7 heteroatoms. The van der Waals surface area contributed by atoms with E-state index in [-0.39, 0.29) is 30.0 Å². The monoisotopic (exact) mass is 252 g/mol. The van der Waals surface area contributed by atoms with E-state index in [1.54, 1.807) is 0 Å². The lowest BCUT2D eigenvalue weighted by molar-refractivity contribution is -0.385. The zero-order chi connectivity index (χ0) is 13.3. The third kappa shape index (κ3) is 2.12. The van der Waals surface area contributed by atoms with Crippen LogP contribution in [0.1, 0.15) is 10.4 Å². The number of amides is 1. The Kier molecular flexibility index (Phi) is 3.15. The molecule has 96 valence electrons. The molecule has 0 saturated carbocycles. The molecule has 0 bridgehead atoms. The van der Waals surface area contributed by atoms with Gasteiger partial charge in [0.1, 0.15) is 0 Å². The van der Waals surface area contributed by atoms with Gasteiger partial charge in [-0.3, -0.25) is 14.9 Å². The normalized spacial score (nSPS) is 17.4. The molecule has 1 aromatic carbocycles. The van der Waals surface area contributed by atoms with Gasteiger partial charge in [-0.05, 0) is 6.07 Å². The van der Waals surface area contributed by atoms with Crippen molar-refractivity contribution in [2.75, 3.05) is 20.3 Å². The molecule has 0 aliphatic carbocycles. The molecule has 1 N–H and O–H groups in total. The van der Waals surface area contributed by atoms with Crippen molar-refractivity contribution >= 4 is 11.6 Å². The van der Waals surface area contributed by atoms with Gasteiger partial charge in [0, 0.05) is 24.2 Å². The second kappa shape index (κ2) is 4.61. The maximum absolute atomic E-state index is 11.9. The predicted molar refractivity (Wildman–Crippen MR) is 61.6 cm³/mol. The third-order valence-electron chi connectivity index (χ3n) is 2.81. The van der Waals surface area contributed by atoms with Crippen LogP contribution in [0.4, 0.5) is 5.69 Å². The van der Waals surface area contributed by atoms with Crippen LogP contribution < -0.4 is 4.74 Å². The number of carbonyl (C=O) groups is 1. The lowest BCUT2D eigenvalue weighted by Crippen LogP contribution is -2.15. The largest absolute Gasteiger partial charge is 0.490 e. The Morgan fingerprint density at radius 2 is 2.39 bits per heavy atom. The Hall–Kier alpha value is -2.15. The maximum Gasteiger partial charge on any atom is 0.310 e. The van der Waals surface area contributed by atoms with E-state index < -0.39 is 4.92 Å². The molecule has 0 radical (unpaired) electrons. The number of nitrogens with zero attached hydrogens (tertiary/aromatic N) is 2. The summed E-state index contributed by atoms with van der Waals surface area (Å²) in [6.45, 7) is 0.435. The van der Waals surface area contributed by atoms with Gasteiger partial charge in [0.15, 0.2) is 5.75 Å². The van der Waals surface area contributed by atoms with Gasteiger partial charge < -0.3 is 14.7 Å². The third-order valence-corrected chi connectivity index (χ3v) is 2.81. The highest BCUT2D eigenvalue weighted by Gasteiger charge is 2.38. The van der Waals surface area contributed by atoms with Crippen LogP contribution in [0.15, 0.2) is 18.2 Å². The molecular formula is C11H12N2O5. The molecule has 1 heterocycles. The van der Waals surface area contributed by atoms with Crippen molar-refractivity contribution in [1.82, 2.24) is 4.90 Å². The van der Waals surface area contributed by atoms with E-state index in [9.17, 15) is 14.9 Å². The first-order valence-corrected chi connectivity index (χ1v) is 5.32. The highest BCUT2D eigenvalue weighted by atomic mass is 16.6. The van der Waals surface area contributed by atoms with Crippen LogP contribution in [0.5, 0.6) is 5.75 Å². The molecule has 1 saturated heterocycles. The number of aliphatic hydroxyl groups is 1. The van der Waals surface area contributed by atoms with E-state index >= 15 is 0 Å². The Bertz CT molecular complexity index is 502. The highest BCUT2D eigenvalue weighted by Crippen LogP contribution is 2.29. The average molecular weight is 252 g/mol. The van der Waals surface area contributed by atoms with Crippen molar-refractivity contribution in [3.8, 4) is 5.75 Å². The molecule has 1 fully saturated rings. The number of hydrogen-bond acceptors (Lipinski definition) is 5. The first kappa shape index (κ1) is 12.3. The van der Waals surface area contributed by atoms with Crippen molar-refractivity contribution in [2.45, 2.75) is 6.04 Å². The quantitative estimate of drug-likeness (QED) is 0.476. The number of nitro groups is 1. The first-order chi connectivity index (χ1) is 8.58. The summed E-state index contributed by atoms with van der Waals surface area (Å²) >= 11 is 0. The molecule has 1 atom stereocenters. The van der Waals surface area contributed by atoms with Gasteiger partial charge in [0.2, 0.25) is 0 Å². The van der Waals surface area contributed by atoms with Crippen LogP contribution in [-0.4, -0.2) is 47.1 Å². The standard InChI is InChI=1S/C11H12N2O5/c1-18-10-4-7(2-3-9(10)13(16)17)11(15)12-5-8(12)6-14/h2-4,8,14H,5-6H2,1H3/t8-,12?/m0/s1. The zero-order valence-corrected chi connectivity index (χ0v) is 9.70. The minimum Gasteiger partial charge on any atom is -0.490 e. The smallest absolute Gasteiger partial charge is 0.310 e. The molecule has 18 heavy (non-hydrogen) atoms. The maximum atomic E-state index is 11.9. The molecule has 1 aliphatic heterocycles. The number of methoxy groups -OCH3 is 1. The Balaban J connectivity index is 2.25. The van der Waals surface area contributed by atoms with E-state index in [1.807, 2.05) is 0 Å². The van der Waals surface area contributed by atoms with Crippen molar-refractivity contribution < 1.29 is 19.6 Å². The molecule has 1 aromatic rings. The van der Waals surface area contributed by atoms with Crippen LogP contribution in [0.25, 0.3) is 0 Å². The number of nitro benzene ring substituents is 1. The molecule has 2 rings (SSSR count). The number of aliphatic hydroxyl groups excluding tert-OH is 1. The van der Waals surface area contributed by atoms with E-state index in [0.717, 1.165) is 0 Å². The van der Waals surface area contributed by atoms with Gasteiger partial charge in [-0.15, -0.1) is 0 Å². The predicted octanol–water partition coefficient (Wildman–Crippen LogP) is 0.420. The van der Waals surface area contributed by atoms with Gasteiger partial charge >= 0.3 is 5.69 Å². The lowest BCUT2D eigenvalue weighted by Gasteiger charge is -2.06. The molecule has 0 unspecified atom stereocenters. The van der Waals surface area contributed by atoms with Gasteiger partial charge in [0.05, 0.1) is 24.7 Å². The van der Waals surface area contributed by atoms with Crippen molar-refractivity contribution in [3.63, 3.8) is 0 Å². The van der Waals surface area contributed by atoms with Gasteiger partial charge in [0.25, 0.3) is 5.91 Å². The number of benzene rings is 1. The van der Waals surface area contributed by atoms with Gasteiger partial charge in [-0.2, -0.15) is 0 Å². The molecule has 1 amide bonds. The molecule has 1 aliphatic rings. The van der Waals surface area contributed by atoms with Crippen molar-refractivity contribution in [2.24, 2.45) is 0 Å². The fourth-order valence-electron chi connectivity index (χ4n) is 1.71. The summed E-state index contributed by atoms with van der Waals surface area (Å²) in [6, 6.07) is 3.82. The summed E-state index contributed by atoms with van der Waals surface area (Å²) in [4.78, 5) is 23.5. The van der Waals surface area contributed by atoms with E-state index in [4.69, 9.17) is 9.84 Å². The SMILES string of the molecule is COc1cc(C(=O)N2C[C@H]2CO)ccc1[N+](=O)[O-]. The fourth-order valence-corrected chi connectivity index (χ4v) is 1.71. The second-order valence-corrected chi connectivity index (χ2v) is 3.94. The number of ether oxygens (including phenoxy) is 1. The molecule has 0 aromatic heterocycles. The first-order valence-electron chi connectivity index (χ1n) is 5.32. The van der Waals surface area contributed by atoms with Crippen LogP contribution >= 0.6 is 0 Å². The lowest BCUT2D eigenvalue weighted by atomic mass is 10.1. The summed E-state index contributed by atoms with van der Waals surface area (Å²) in [5.41, 5.74) is 0.131. The van der Waals surface area contributed by atoms with Crippen LogP contribution in [0.3, 0.4) is 0 Å². The number of carbonyl (C=O) groups excluding carboxylic acids is 1. The van der Waals surface area contributed by atoms with Gasteiger partial charge in [-0.1, -0.05) is 0 Å². The summed E-state index contributed by atoms with van der Waals surface area (Å²) in [6.07, 6.45) is 0. The Morgan fingerprint density at radius 1 is 1.67 bits per heavy atom. The van der Waals surface area contributed by atoms with E-state index in [1.165, 1.54) is 30.2 Å². The van der Waals surface area contributed by atoms with Crippen LogP contribution in [0.2, 0.25) is 0 Å². The zero-order valence-electron chi connectivity index (χ0n) is 9.70. The summed E-state index contributed by atoms with van der Waals surface area (Å²) in [5.74, 6) is -0.213. The minimum atomic E-state index is -0.568. The van der Waals surface area contributed by atoms with E-state index in [2.05, 4.69) is 0 Å². The number of rotatable bonds is 4. The summed E-state index contributed by atoms with van der Waals surface area (Å²) in [5, 5.41) is 19.6. The van der Waals surface area contributed by atoms with Crippen molar-refractivity contribution in [3.05, 3.63) is 33.9 Å². The summed E-state index contributed by atoms with van der Waals surface area (Å²) < 4.78 is 4.89. The van der Waals surface area contributed by atoms with Crippen LogP contribution in [-0.2, 0) is 0 Å². The average Bonchev–Trinajstić information content (AvgIpc) is 3.16. The number of hydrogen-bond donors (Lipinski definition) is 1. The Labute approximate surface area is 103 Å². The van der Waals surface area contributed by atoms with Crippen LogP contribution in [0, 0.1) is 10.1 Å². The second-order valence-electron chi connectivity index (χ2n) is 3.94. The molecule has 7 nitrogen and oxygen atoms in total. The minimum absolute atomic E-state index is 0.0493. The highest BCUT2D eigenvalue weighted by molar-refractivity contribution is 5.96. The fraction of sp³-hybridized carbons (Fsp3) is 0.364. The Morgan fingerprint density at radius 3 is 2.89 bits per heavy atom. The topological polar surface area (TPSA) is 92.7 Å². The van der Waals surface area contributed by atoms with E-state index in [0.29, 0.717) is 12.1 Å². The molecular weight excluding hydrogens is 240 g/mol. The van der Waals surface area contributed by atoms with Gasteiger partial charge in [-0.25, -0.2) is 0 Å². The van der Waals surface area contributed by atoms with Crippen molar-refractivity contribution in [1.29, 1.82) is 0 Å². The summed E-state index contributed by atoms with van der Waals surface area (Å²) in [7, 11) is 1.31.